The predicted octanol–water partition coefficient (Wildman–Crippen LogP) is 5.37. The minimum atomic E-state index is -0.471. The van der Waals surface area contributed by atoms with Crippen LogP contribution in [-0.4, -0.2) is 17.8 Å². The fraction of sp³-hybridized carbons (Fsp3) is 0.565. The SMILES string of the molecule is CCC[C@@H](C)/C=C(\C)[C@H](O)[C@H](C)C#CCCCOCc1ccccc1. The van der Waals surface area contributed by atoms with Gasteiger partial charge in [-0.25, -0.2) is 0 Å². The Hall–Kier alpha value is -1.56. The predicted molar refractivity (Wildman–Crippen MR) is 106 cm³/mol. The third-order valence-electron chi connectivity index (χ3n) is 4.26. The molecular weight excluding hydrogens is 308 g/mol. The van der Waals surface area contributed by atoms with Crippen molar-refractivity contribution in [1.29, 1.82) is 0 Å². The molecule has 0 amide bonds. The summed E-state index contributed by atoms with van der Waals surface area (Å²) < 4.78 is 5.65. The summed E-state index contributed by atoms with van der Waals surface area (Å²) in [4.78, 5) is 0. The first-order valence-electron chi connectivity index (χ1n) is 9.51. The molecule has 0 aromatic heterocycles. The molecule has 1 aromatic rings. The van der Waals surface area contributed by atoms with Crippen LogP contribution in [0, 0.1) is 23.7 Å². The normalized spacial score (nSPS) is 15.2. The molecule has 0 saturated heterocycles. The minimum absolute atomic E-state index is 0.0321. The summed E-state index contributed by atoms with van der Waals surface area (Å²) in [6, 6.07) is 10.2. The molecule has 138 valence electrons. The monoisotopic (exact) mass is 342 g/mol. The van der Waals surface area contributed by atoms with Gasteiger partial charge in [0.2, 0.25) is 0 Å². The lowest BCUT2D eigenvalue weighted by molar-refractivity contribution is 0.119. The highest BCUT2D eigenvalue weighted by molar-refractivity contribution is 5.15. The average Bonchev–Trinajstić information content (AvgIpc) is 2.61. The number of aliphatic hydroxyl groups is 1. The Kier molecular flexibility index (Phi) is 11.0. The van der Waals surface area contributed by atoms with Crippen molar-refractivity contribution in [2.75, 3.05) is 6.61 Å². The van der Waals surface area contributed by atoms with Gasteiger partial charge in [0.25, 0.3) is 0 Å². The van der Waals surface area contributed by atoms with Gasteiger partial charge in [-0.05, 0) is 43.7 Å². The number of allylic oxidation sites excluding steroid dienone is 1. The quantitative estimate of drug-likeness (QED) is 0.352. The molecule has 0 radical (unpaired) electrons. The first-order chi connectivity index (χ1) is 12.0. The third kappa shape index (κ3) is 9.48. The Morgan fingerprint density at radius 3 is 2.64 bits per heavy atom. The van der Waals surface area contributed by atoms with Crippen LogP contribution < -0.4 is 0 Å². The number of hydrogen-bond acceptors (Lipinski definition) is 2. The topological polar surface area (TPSA) is 29.5 Å². The summed E-state index contributed by atoms with van der Waals surface area (Å²) in [6.07, 6.45) is 5.77. The molecule has 0 unspecified atom stereocenters. The van der Waals surface area contributed by atoms with E-state index in [0.29, 0.717) is 19.1 Å². The molecule has 3 atom stereocenters. The number of ether oxygens (including phenoxy) is 1. The molecule has 0 saturated carbocycles. The number of rotatable bonds is 10. The van der Waals surface area contributed by atoms with Gasteiger partial charge in [-0.15, -0.1) is 5.92 Å². The zero-order valence-electron chi connectivity index (χ0n) is 16.3. The molecule has 1 rings (SSSR count). The summed E-state index contributed by atoms with van der Waals surface area (Å²) in [6.45, 7) is 9.76. The second kappa shape index (κ2) is 12.8. The Morgan fingerprint density at radius 2 is 1.96 bits per heavy atom. The summed E-state index contributed by atoms with van der Waals surface area (Å²) in [7, 11) is 0. The molecule has 25 heavy (non-hydrogen) atoms. The number of hydrogen-bond donors (Lipinski definition) is 1. The molecule has 0 aliphatic carbocycles. The van der Waals surface area contributed by atoms with Crippen molar-refractivity contribution in [2.45, 2.75) is 66.1 Å². The number of aliphatic hydroxyl groups excluding tert-OH is 1. The molecule has 0 aliphatic rings. The molecule has 2 heteroatoms. The molecule has 0 fully saturated rings. The fourth-order valence-electron chi connectivity index (χ4n) is 2.82. The maximum Gasteiger partial charge on any atom is 0.0882 e. The zero-order valence-corrected chi connectivity index (χ0v) is 16.3. The van der Waals surface area contributed by atoms with E-state index in [0.717, 1.165) is 24.8 Å². The van der Waals surface area contributed by atoms with E-state index in [1.165, 1.54) is 12.0 Å². The van der Waals surface area contributed by atoms with Crippen LogP contribution in [-0.2, 0) is 11.3 Å². The van der Waals surface area contributed by atoms with Crippen molar-refractivity contribution in [1.82, 2.24) is 0 Å². The van der Waals surface area contributed by atoms with Crippen LogP contribution in [0.4, 0.5) is 0 Å². The third-order valence-corrected chi connectivity index (χ3v) is 4.26. The van der Waals surface area contributed by atoms with Gasteiger partial charge in [-0.2, -0.15) is 0 Å². The number of unbranched alkanes of at least 4 members (excludes halogenated alkanes) is 1. The van der Waals surface area contributed by atoms with Gasteiger partial charge in [-0.1, -0.05) is 62.6 Å². The van der Waals surface area contributed by atoms with E-state index in [9.17, 15) is 5.11 Å². The Labute approximate surface area is 154 Å². The van der Waals surface area contributed by atoms with Crippen LogP contribution in [0.5, 0.6) is 0 Å². The van der Waals surface area contributed by atoms with Gasteiger partial charge in [0.15, 0.2) is 0 Å². The first-order valence-corrected chi connectivity index (χ1v) is 9.51. The summed E-state index contributed by atoms with van der Waals surface area (Å²) >= 11 is 0. The van der Waals surface area contributed by atoms with Crippen molar-refractivity contribution in [3.8, 4) is 11.8 Å². The van der Waals surface area contributed by atoms with Crippen LogP contribution >= 0.6 is 0 Å². The van der Waals surface area contributed by atoms with Crippen LogP contribution in [0.25, 0.3) is 0 Å². The fourth-order valence-corrected chi connectivity index (χ4v) is 2.82. The lowest BCUT2D eigenvalue weighted by Crippen LogP contribution is -2.18. The lowest BCUT2D eigenvalue weighted by Gasteiger charge is -2.16. The summed E-state index contributed by atoms with van der Waals surface area (Å²) in [5.74, 6) is 6.84. The van der Waals surface area contributed by atoms with E-state index in [1.54, 1.807) is 0 Å². The van der Waals surface area contributed by atoms with Crippen molar-refractivity contribution in [3.63, 3.8) is 0 Å². The molecule has 0 bridgehead atoms. The summed E-state index contributed by atoms with van der Waals surface area (Å²) in [5, 5.41) is 10.4. The van der Waals surface area contributed by atoms with E-state index in [-0.39, 0.29) is 5.92 Å². The minimum Gasteiger partial charge on any atom is -0.387 e. The van der Waals surface area contributed by atoms with Gasteiger partial charge in [0, 0.05) is 18.9 Å². The highest BCUT2D eigenvalue weighted by Crippen LogP contribution is 2.16. The number of benzene rings is 1. The van der Waals surface area contributed by atoms with Gasteiger partial charge < -0.3 is 9.84 Å². The van der Waals surface area contributed by atoms with Crippen LogP contribution in [0.15, 0.2) is 42.0 Å². The largest absolute Gasteiger partial charge is 0.387 e. The van der Waals surface area contributed by atoms with E-state index >= 15 is 0 Å². The molecule has 1 N–H and O–H groups in total. The molecule has 2 nitrogen and oxygen atoms in total. The Balaban J connectivity index is 2.25. The molecule has 0 heterocycles. The van der Waals surface area contributed by atoms with E-state index in [1.807, 2.05) is 32.0 Å². The standard InChI is InChI=1S/C23H34O2/c1-5-12-19(2)17-21(4)23(24)20(3)13-8-7-11-16-25-18-22-14-9-6-10-15-22/h6,9-10,14-15,17,19-20,23-24H,5,7,11-12,16,18H2,1-4H3/b21-17+/t19-,20-,23-/m1/s1. The van der Waals surface area contributed by atoms with Crippen molar-refractivity contribution in [3.05, 3.63) is 47.5 Å². The van der Waals surface area contributed by atoms with E-state index in [4.69, 9.17) is 4.74 Å². The average molecular weight is 343 g/mol. The molecule has 0 spiro atoms. The molecule has 1 aromatic carbocycles. The Bertz CT molecular complexity index is 550. The molecule has 0 aliphatic heterocycles. The van der Waals surface area contributed by atoms with Gasteiger partial charge in [0.05, 0.1) is 12.7 Å². The van der Waals surface area contributed by atoms with Gasteiger partial charge >= 0.3 is 0 Å². The van der Waals surface area contributed by atoms with Crippen molar-refractivity contribution >= 4 is 0 Å². The highest BCUT2D eigenvalue weighted by atomic mass is 16.5. The lowest BCUT2D eigenvalue weighted by atomic mass is 9.94. The zero-order chi connectivity index (χ0) is 18.5. The molecular formula is C23H34O2. The van der Waals surface area contributed by atoms with Gasteiger partial charge in [-0.3, -0.25) is 0 Å². The second-order valence-electron chi connectivity index (χ2n) is 6.87. The second-order valence-corrected chi connectivity index (χ2v) is 6.87. The van der Waals surface area contributed by atoms with Crippen LogP contribution in [0.2, 0.25) is 0 Å². The van der Waals surface area contributed by atoms with Crippen molar-refractivity contribution < 1.29 is 9.84 Å². The Morgan fingerprint density at radius 1 is 1.24 bits per heavy atom. The van der Waals surface area contributed by atoms with E-state index < -0.39 is 6.10 Å². The highest BCUT2D eigenvalue weighted by Gasteiger charge is 2.14. The maximum atomic E-state index is 10.4. The van der Waals surface area contributed by atoms with Crippen molar-refractivity contribution in [2.24, 2.45) is 11.8 Å². The summed E-state index contributed by atoms with van der Waals surface area (Å²) in [5.41, 5.74) is 2.24. The smallest absolute Gasteiger partial charge is 0.0882 e. The maximum absolute atomic E-state index is 10.4. The van der Waals surface area contributed by atoms with Crippen LogP contribution in [0.1, 0.15) is 58.9 Å². The van der Waals surface area contributed by atoms with E-state index in [2.05, 4.69) is 43.9 Å². The first kappa shape index (κ1) is 21.5. The van der Waals surface area contributed by atoms with Gasteiger partial charge in [0.1, 0.15) is 0 Å². The van der Waals surface area contributed by atoms with Crippen LogP contribution in [0.3, 0.4) is 0 Å².